The number of nitrogens with zero attached hydrogens (tertiary/aromatic N) is 1. The molecule has 1 heterocycles. The van der Waals surface area contributed by atoms with Crippen molar-refractivity contribution < 1.29 is 4.74 Å². The van der Waals surface area contributed by atoms with Gasteiger partial charge in [-0.1, -0.05) is 13.8 Å². The smallest absolute Gasteiger partial charge is 0.218 e. The fraction of sp³-hybridized carbons (Fsp3) is 0.583. The summed E-state index contributed by atoms with van der Waals surface area (Å²) in [4.78, 5) is 4.44. The largest absolute Gasteiger partial charge is 0.478 e. The molecule has 0 unspecified atom stereocenters. The van der Waals surface area contributed by atoms with E-state index >= 15 is 0 Å². The van der Waals surface area contributed by atoms with Crippen molar-refractivity contribution in [3.05, 3.63) is 17.7 Å². The van der Waals surface area contributed by atoms with E-state index in [-0.39, 0.29) is 0 Å². The van der Waals surface area contributed by atoms with Gasteiger partial charge in [0.1, 0.15) is 5.82 Å². The van der Waals surface area contributed by atoms with Crippen molar-refractivity contribution in [2.75, 3.05) is 18.5 Å². The minimum atomic E-state index is 0.440. The van der Waals surface area contributed by atoms with Gasteiger partial charge in [-0.3, -0.25) is 0 Å². The van der Waals surface area contributed by atoms with Crippen LogP contribution in [-0.4, -0.2) is 18.1 Å². The molecule has 1 rings (SSSR count). The molecule has 0 radical (unpaired) electrons. The molecule has 0 aliphatic heterocycles. The minimum absolute atomic E-state index is 0.440. The van der Waals surface area contributed by atoms with E-state index in [1.807, 2.05) is 13.0 Å². The SMILES string of the molecule is CCNc1ccc(C(C)C)c(OCC)n1. The molecule has 0 atom stereocenters. The van der Waals surface area contributed by atoms with Crippen LogP contribution in [0, 0.1) is 0 Å². The van der Waals surface area contributed by atoms with Crippen LogP contribution in [0.2, 0.25) is 0 Å². The molecule has 1 aromatic rings. The maximum absolute atomic E-state index is 5.53. The van der Waals surface area contributed by atoms with Gasteiger partial charge >= 0.3 is 0 Å². The van der Waals surface area contributed by atoms with Crippen LogP contribution < -0.4 is 10.1 Å². The second-order valence-electron chi connectivity index (χ2n) is 3.71. The van der Waals surface area contributed by atoms with Gasteiger partial charge in [0.25, 0.3) is 0 Å². The zero-order valence-corrected chi connectivity index (χ0v) is 10.0. The molecule has 3 heteroatoms. The highest BCUT2D eigenvalue weighted by Crippen LogP contribution is 2.25. The van der Waals surface area contributed by atoms with Crippen molar-refractivity contribution in [3.8, 4) is 5.88 Å². The van der Waals surface area contributed by atoms with Crippen molar-refractivity contribution in [2.45, 2.75) is 33.6 Å². The van der Waals surface area contributed by atoms with Crippen molar-refractivity contribution in [1.29, 1.82) is 0 Å². The number of nitrogens with one attached hydrogen (secondary N) is 1. The summed E-state index contributed by atoms with van der Waals surface area (Å²) in [6, 6.07) is 4.09. The van der Waals surface area contributed by atoms with Crippen LogP contribution in [0.25, 0.3) is 0 Å². The maximum atomic E-state index is 5.53. The molecule has 15 heavy (non-hydrogen) atoms. The van der Waals surface area contributed by atoms with E-state index in [1.165, 1.54) is 5.56 Å². The standard InChI is InChI=1S/C12H20N2O/c1-5-13-11-8-7-10(9(3)4)12(14-11)15-6-2/h7-9H,5-6H2,1-4H3,(H,13,14). The van der Waals surface area contributed by atoms with Gasteiger partial charge < -0.3 is 10.1 Å². The first-order valence-electron chi connectivity index (χ1n) is 5.56. The summed E-state index contributed by atoms with van der Waals surface area (Å²) in [7, 11) is 0. The maximum Gasteiger partial charge on any atom is 0.218 e. The van der Waals surface area contributed by atoms with Gasteiger partial charge in [0, 0.05) is 12.1 Å². The first-order chi connectivity index (χ1) is 7.19. The van der Waals surface area contributed by atoms with Crippen molar-refractivity contribution >= 4 is 5.82 Å². The number of anilines is 1. The summed E-state index contributed by atoms with van der Waals surface area (Å²) in [5, 5.41) is 3.18. The summed E-state index contributed by atoms with van der Waals surface area (Å²) in [6.07, 6.45) is 0. The number of rotatable bonds is 5. The molecular formula is C12H20N2O. The molecule has 0 fully saturated rings. The summed E-state index contributed by atoms with van der Waals surface area (Å²) in [5.41, 5.74) is 1.17. The monoisotopic (exact) mass is 208 g/mol. The van der Waals surface area contributed by atoms with Crippen molar-refractivity contribution in [3.63, 3.8) is 0 Å². The normalized spacial score (nSPS) is 10.5. The van der Waals surface area contributed by atoms with Gasteiger partial charge in [0.05, 0.1) is 6.61 Å². The molecule has 0 aliphatic rings. The van der Waals surface area contributed by atoms with Gasteiger partial charge in [-0.05, 0) is 31.9 Å². The molecule has 84 valence electrons. The number of aromatic nitrogens is 1. The molecule has 0 amide bonds. The predicted molar refractivity (Wildman–Crippen MR) is 63.7 cm³/mol. The van der Waals surface area contributed by atoms with Crippen LogP contribution >= 0.6 is 0 Å². The molecule has 0 saturated heterocycles. The van der Waals surface area contributed by atoms with E-state index in [4.69, 9.17) is 4.74 Å². The number of hydrogen-bond donors (Lipinski definition) is 1. The van der Waals surface area contributed by atoms with E-state index in [1.54, 1.807) is 0 Å². The topological polar surface area (TPSA) is 34.1 Å². The fourth-order valence-electron chi connectivity index (χ4n) is 1.42. The van der Waals surface area contributed by atoms with Gasteiger partial charge in [0.15, 0.2) is 0 Å². The molecule has 1 aromatic heterocycles. The van der Waals surface area contributed by atoms with Crippen molar-refractivity contribution in [1.82, 2.24) is 4.98 Å². The van der Waals surface area contributed by atoms with E-state index in [2.05, 4.69) is 37.1 Å². The molecule has 0 saturated carbocycles. The van der Waals surface area contributed by atoms with Crippen LogP contribution in [0.5, 0.6) is 5.88 Å². The Balaban J connectivity index is 2.97. The minimum Gasteiger partial charge on any atom is -0.478 e. The number of hydrogen-bond acceptors (Lipinski definition) is 3. The molecule has 0 aliphatic carbocycles. The lowest BCUT2D eigenvalue weighted by molar-refractivity contribution is 0.322. The highest BCUT2D eigenvalue weighted by atomic mass is 16.5. The first kappa shape index (κ1) is 11.8. The van der Waals surface area contributed by atoms with E-state index in [0.717, 1.165) is 18.2 Å². The third-order valence-corrected chi connectivity index (χ3v) is 2.15. The Labute approximate surface area is 91.9 Å². The third kappa shape index (κ3) is 3.11. The van der Waals surface area contributed by atoms with Gasteiger partial charge in [0.2, 0.25) is 5.88 Å². The lowest BCUT2D eigenvalue weighted by Gasteiger charge is -2.13. The summed E-state index contributed by atoms with van der Waals surface area (Å²) in [5.74, 6) is 2.08. The van der Waals surface area contributed by atoms with Crippen LogP contribution in [0.1, 0.15) is 39.2 Å². The second-order valence-corrected chi connectivity index (χ2v) is 3.71. The first-order valence-corrected chi connectivity index (χ1v) is 5.56. The quantitative estimate of drug-likeness (QED) is 0.807. The molecular weight excluding hydrogens is 188 g/mol. The Kier molecular flexibility index (Phi) is 4.40. The Bertz CT molecular complexity index is 310. The summed E-state index contributed by atoms with van der Waals surface area (Å²) < 4.78 is 5.53. The van der Waals surface area contributed by atoms with E-state index in [9.17, 15) is 0 Å². The molecule has 0 spiro atoms. The number of ether oxygens (including phenoxy) is 1. The Morgan fingerprint density at radius 3 is 2.60 bits per heavy atom. The zero-order valence-electron chi connectivity index (χ0n) is 10.0. The van der Waals surface area contributed by atoms with Gasteiger partial charge in [-0.2, -0.15) is 4.98 Å². The van der Waals surface area contributed by atoms with E-state index in [0.29, 0.717) is 12.5 Å². The van der Waals surface area contributed by atoms with E-state index < -0.39 is 0 Å². The van der Waals surface area contributed by atoms with Gasteiger partial charge in [-0.25, -0.2) is 0 Å². The van der Waals surface area contributed by atoms with Crippen LogP contribution in [0.3, 0.4) is 0 Å². The average Bonchev–Trinajstić information content (AvgIpc) is 2.18. The van der Waals surface area contributed by atoms with Crippen LogP contribution in [0.4, 0.5) is 5.82 Å². The average molecular weight is 208 g/mol. The Morgan fingerprint density at radius 1 is 1.33 bits per heavy atom. The molecule has 3 nitrogen and oxygen atoms in total. The molecule has 0 aromatic carbocycles. The third-order valence-electron chi connectivity index (χ3n) is 2.15. The predicted octanol–water partition coefficient (Wildman–Crippen LogP) is 3.04. The lowest BCUT2D eigenvalue weighted by atomic mass is 10.1. The van der Waals surface area contributed by atoms with Gasteiger partial charge in [-0.15, -0.1) is 0 Å². The fourth-order valence-corrected chi connectivity index (χ4v) is 1.42. The lowest BCUT2D eigenvalue weighted by Crippen LogP contribution is -2.05. The van der Waals surface area contributed by atoms with Crippen LogP contribution in [0.15, 0.2) is 12.1 Å². The summed E-state index contributed by atoms with van der Waals surface area (Å²) in [6.45, 7) is 9.85. The highest BCUT2D eigenvalue weighted by molar-refractivity contribution is 5.42. The van der Waals surface area contributed by atoms with Crippen molar-refractivity contribution in [2.24, 2.45) is 0 Å². The Morgan fingerprint density at radius 2 is 2.07 bits per heavy atom. The number of pyridine rings is 1. The molecule has 0 bridgehead atoms. The Hall–Kier alpha value is -1.25. The van der Waals surface area contributed by atoms with Crippen LogP contribution in [-0.2, 0) is 0 Å². The molecule has 1 N–H and O–H groups in total. The highest BCUT2D eigenvalue weighted by Gasteiger charge is 2.09. The second kappa shape index (κ2) is 5.59. The summed E-state index contributed by atoms with van der Waals surface area (Å²) >= 11 is 0. The zero-order chi connectivity index (χ0) is 11.3.